The van der Waals surface area contributed by atoms with Crippen molar-refractivity contribution in [1.29, 1.82) is 0 Å². The van der Waals surface area contributed by atoms with Crippen molar-refractivity contribution in [2.75, 3.05) is 11.9 Å². The lowest BCUT2D eigenvalue weighted by Crippen LogP contribution is -2.09. The van der Waals surface area contributed by atoms with Gasteiger partial charge in [-0.1, -0.05) is 12.1 Å². The number of nitrogens with zero attached hydrogens (tertiary/aromatic N) is 5. The highest BCUT2D eigenvalue weighted by Crippen LogP contribution is 2.27. The number of aromatic nitrogens is 6. The summed E-state index contributed by atoms with van der Waals surface area (Å²) in [6.07, 6.45) is 5.07. The van der Waals surface area contributed by atoms with E-state index in [-0.39, 0.29) is 11.9 Å². The molecule has 0 amide bonds. The van der Waals surface area contributed by atoms with E-state index in [2.05, 4.69) is 30.2 Å². The number of benzene rings is 1. The number of aromatic amines is 1. The Labute approximate surface area is 188 Å². The molecule has 0 aliphatic rings. The molecule has 9 heteroatoms. The molecule has 0 aliphatic carbocycles. The monoisotopic (exact) mass is 447 g/mol. The summed E-state index contributed by atoms with van der Waals surface area (Å²) in [5.74, 6) is 0.206. The standard InChI is InChI=1S/C24H23F2N7/c1-13(2)33-12-29-21-23(31-22(32-24(21)33)15-9-16(25)11-27-10-15)28-8-7-17-14(3)30-20-18(17)5-4-6-19(20)26/h4-6,9-13,30H,7-8H2,1-3H3,(H,28,31,32). The predicted molar refractivity (Wildman–Crippen MR) is 124 cm³/mol. The SMILES string of the molecule is Cc1[nH]c2c(F)cccc2c1CCNc1nc(-c2cncc(F)c2)nc2c1ncn2C(C)C. The summed E-state index contributed by atoms with van der Waals surface area (Å²) in [5, 5.41) is 4.23. The van der Waals surface area contributed by atoms with E-state index in [1.807, 2.05) is 31.4 Å². The Balaban J connectivity index is 1.50. The molecule has 0 fully saturated rings. The van der Waals surface area contributed by atoms with Crippen LogP contribution in [-0.2, 0) is 6.42 Å². The lowest BCUT2D eigenvalue weighted by Gasteiger charge is -2.11. The summed E-state index contributed by atoms with van der Waals surface area (Å²) >= 11 is 0. The molecule has 0 bridgehead atoms. The molecule has 0 unspecified atom stereocenters. The fourth-order valence-electron chi connectivity index (χ4n) is 4.08. The highest BCUT2D eigenvalue weighted by Gasteiger charge is 2.17. The molecule has 5 aromatic rings. The van der Waals surface area contributed by atoms with Gasteiger partial charge in [0.25, 0.3) is 0 Å². The molecular weight excluding hydrogens is 424 g/mol. The number of rotatable bonds is 6. The molecule has 0 aliphatic heterocycles. The fraction of sp³-hybridized carbons (Fsp3) is 0.250. The third kappa shape index (κ3) is 3.79. The molecule has 7 nitrogen and oxygen atoms in total. The van der Waals surface area contributed by atoms with E-state index in [1.165, 1.54) is 18.3 Å². The summed E-state index contributed by atoms with van der Waals surface area (Å²) in [6, 6.07) is 6.58. The van der Waals surface area contributed by atoms with Gasteiger partial charge in [0.15, 0.2) is 17.3 Å². The van der Waals surface area contributed by atoms with Gasteiger partial charge in [0.2, 0.25) is 0 Å². The van der Waals surface area contributed by atoms with Crippen LogP contribution in [0.5, 0.6) is 0 Å². The summed E-state index contributed by atoms with van der Waals surface area (Å²) < 4.78 is 29.9. The third-order valence-corrected chi connectivity index (χ3v) is 5.71. The molecule has 168 valence electrons. The molecule has 2 N–H and O–H groups in total. The zero-order valence-corrected chi connectivity index (χ0v) is 18.5. The maximum Gasteiger partial charge on any atom is 0.166 e. The van der Waals surface area contributed by atoms with E-state index in [1.54, 1.807) is 12.4 Å². The Hall–Kier alpha value is -3.88. The minimum atomic E-state index is -0.454. The number of imidazole rings is 1. The Morgan fingerprint density at radius 1 is 1.15 bits per heavy atom. The van der Waals surface area contributed by atoms with Crippen LogP contribution in [0, 0.1) is 18.6 Å². The molecule has 0 radical (unpaired) electrons. The van der Waals surface area contributed by atoms with E-state index in [0.717, 1.165) is 22.8 Å². The van der Waals surface area contributed by atoms with E-state index >= 15 is 0 Å². The Kier molecular flexibility index (Phi) is 5.24. The number of H-pyrrole nitrogens is 1. The number of hydrogen-bond acceptors (Lipinski definition) is 5. The van der Waals surface area contributed by atoms with Gasteiger partial charge in [-0.2, -0.15) is 0 Å². The summed E-state index contributed by atoms with van der Waals surface area (Å²) in [4.78, 5) is 20.9. The molecule has 5 rings (SSSR count). The molecule has 0 atom stereocenters. The Morgan fingerprint density at radius 3 is 2.79 bits per heavy atom. The van der Waals surface area contributed by atoms with Gasteiger partial charge in [-0.25, -0.2) is 23.7 Å². The largest absolute Gasteiger partial charge is 0.368 e. The topological polar surface area (TPSA) is 84.3 Å². The molecule has 1 aromatic carbocycles. The minimum Gasteiger partial charge on any atom is -0.368 e. The van der Waals surface area contributed by atoms with Crippen LogP contribution in [-0.4, -0.2) is 36.0 Å². The number of aryl methyl sites for hydroxylation is 1. The van der Waals surface area contributed by atoms with Crippen LogP contribution >= 0.6 is 0 Å². The second-order valence-electron chi connectivity index (χ2n) is 8.27. The Morgan fingerprint density at radius 2 is 2.00 bits per heavy atom. The lowest BCUT2D eigenvalue weighted by atomic mass is 10.1. The van der Waals surface area contributed by atoms with Crippen molar-refractivity contribution in [1.82, 2.24) is 29.5 Å². The van der Waals surface area contributed by atoms with Gasteiger partial charge in [0.05, 0.1) is 18.0 Å². The highest BCUT2D eigenvalue weighted by atomic mass is 19.1. The van der Waals surface area contributed by atoms with E-state index in [0.29, 0.717) is 46.9 Å². The van der Waals surface area contributed by atoms with Crippen molar-refractivity contribution >= 4 is 27.9 Å². The van der Waals surface area contributed by atoms with Crippen molar-refractivity contribution < 1.29 is 8.78 Å². The molecule has 0 saturated carbocycles. The van der Waals surface area contributed by atoms with E-state index in [4.69, 9.17) is 0 Å². The zero-order chi connectivity index (χ0) is 23.1. The first kappa shape index (κ1) is 21.0. The number of para-hydroxylation sites is 1. The normalized spacial score (nSPS) is 11.7. The van der Waals surface area contributed by atoms with Crippen LogP contribution < -0.4 is 5.32 Å². The molecule has 0 saturated heterocycles. The first-order valence-electron chi connectivity index (χ1n) is 10.8. The van der Waals surface area contributed by atoms with Gasteiger partial charge in [-0.15, -0.1) is 0 Å². The van der Waals surface area contributed by atoms with Crippen LogP contribution in [0.1, 0.15) is 31.1 Å². The van der Waals surface area contributed by atoms with Crippen LogP contribution in [0.2, 0.25) is 0 Å². The highest BCUT2D eigenvalue weighted by molar-refractivity contribution is 5.86. The number of fused-ring (bicyclic) bond motifs is 2. The van der Waals surface area contributed by atoms with Gasteiger partial charge < -0.3 is 14.9 Å². The maximum atomic E-state index is 14.1. The lowest BCUT2D eigenvalue weighted by molar-refractivity contribution is 0.612. The molecular formula is C24H23F2N7. The van der Waals surface area contributed by atoms with Crippen LogP contribution in [0.4, 0.5) is 14.6 Å². The predicted octanol–water partition coefficient (Wildman–Crippen LogP) is 5.19. The van der Waals surface area contributed by atoms with Crippen LogP contribution in [0.3, 0.4) is 0 Å². The second-order valence-corrected chi connectivity index (χ2v) is 8.27. The fourth-order valence-corrected chi connectivity index (χ4v) is 4.08. The number of hydrogen-bond donors (Lipinski definition) is 2. The Bertz CT molecular complexity index is 1470. The minimum absolute atomic E-state index is 0.139. The van der Waals surface area contributed by atoms with Crippen molar-refractivity contribution in [3.63, 3.8) is 0 Å². The smallest absolute Gasteiger partial charge is 0.166 e. The second kappa shape index (κ2) is 8.23. The van der Waals surface area contributed by atoms with Crippen LogP contribution in [0.15, 0.2) is 43.0 Å². The average molecular weight is 447 g/mol. The first-order valence-corrected chi connectivity index (χ1v) is 10.8. The molecule has 33 heavy (non-hydrogen) atoms. The quantitative estimate of drug-likeness (QED) is 0.374. The zero-order valence-electron chi connectivity index (χ0n) is 18.5. The van der Waals surface area contributed by atoms with Gasteiger partial charge in [-0.05, 0) is 44.9 Å². The molecule has 4 aromatic heterocycles. The van der Waals surface area contributed by atoms with Gasteiger partial charge in [0.1, 0.15) is 17.2 Å². The van der Waals surface area contributed by atoms with Crippen molar-refractivity contribution in [3.8, 4) is 11.4 Å². The summed E-state index contributed by atoms with van der Waals surface area (Å²) in [7, 11) is 0. The van der Waals surface area contributed by atoms with Crippen molar-refractivity contribution in [3.05, 3.63) is 65.9 Å². The average Bonchev–Trinajstić information content (AvgIpc) is 3.36. The number of pyridine rings is 1. The summed E-state index contributed by atoms with van der Waals surface area (Å²) in [6.45, 7) is 6.57. The van der Waals surface area contributed by atoms with E-state index in [9.17, 15) is 8.78 Å². The number of halogens is 2. The van der Waals surface area contributed by atoms with Crippen molar-refractivity contribution in [2.45, 2.75) is 33.2 Å². The van der Waals surface area contributed by atoms with E-state index < -0.39 is 5.82 Å². The first-order chi connectivity index (χ1) is 15.9. The third-order valence-electron chi connectivity index (χ3n) is 5.71. The van der Waals surface area contributed by atoms with Gasteiger partial charge >= 0.3 is 0 Å². The van der Waals surface area contributed by atoms with Crippen molar-refractivity contribution in [2.24, 2.45) is 0 Å². The molecule has 0 spiro atoms. The number of anilines is 1. The maximum absolute atomic E-state index is 14.1. The van der Waals surface area contributed by atoms with Crippen LogP contribution in [0.25, 0.3) is 33.5 Å². The van der Waals surface area contributed by atoms with Gasteiger partial charge in [-0.3, -0.25) is 4.98 Å². The number of nitrogens with one attached hydrogen (secondary N) is 2. The van der Waals surface area contributed by atoms with Gasteiger partial charge in [0, 0.05) is 35.4 Å². The molecule has 4 heterocycles. The summed E-state index contributed by atoms with van der Waals surface area (Å²) in [5.41, 5.74) is 4.28.